The molecule has 0 amide bonds. The predicted octanol–water partition coefficient (Wildman–Crippen LogP) is 2.69. The third kappa shape index (κ3) is 5.37. The molecule has 0 aromatic heterocycles. The Morgan fingerprint density at radius 1 is 1.43 bits per heavy atom. The van der Waals surface area contributed by atoms with E-state index in [-0.39, 0.29) is 11.9 Å². The first-order valence-electron chi connectivity index (χ1n) is 7.39. The lowest BCUT2D eigenvalue weighted by Crippen LogP contribution is -2.35. The van der Waals surface area contributed by atoms with E-state index in [2.05, 4.69) is 5.32 Å². The van der Waals surface area contributed by atoms with Gasteiger partial charge in [0.2, 0.25) is 0 Å². The molecule has 23 heavy (non-hydrogen) atoms. The first-order chi connectivity index (χ1) is 11.0. The lowest BCUT2D eigenvalue weighted by atomic mass is 10.2. The molecule has 1 aromatic rings. The predicted molar refractivity (Wildman–Crippen MR) is 91.8 cm³/mol. The van der Waals surface area contributed by atoms with Crippen LogP contribution in [-0.2, 0) is 14.3 Å². The molecule has 0 saturated carbocycles. The van der Waals surface area contributed by atoms with E-state index in [0.29, 0.717) is 16.4 Å². The molecule has 0 aliphatic carbocycles. The Morgan fingerprint density at radius 3 is 2.74 bits per heavy atom. The van der Waals surface area contributed by atoms with Crippen molar-refractivity contribution in [3.63, 3.8) is 0 Å². The maximum atomic E-state index is 12.9. The molecule has 1 aromatic carbocycles. The number of nitrogens with one attached hydrogen (secondary N) is 1. The Balaban J connectivity index is 1.78. The Labute approximate surface area is 144 Å². The molecule has 7 heteroatoms. The SMILES string of the molecule is CC(CSC(=S)c1ccc(F)cc1)C(=O)OC(=O)[C@@H]1CCCN1. The molecule has 0 spiro atoms. The van der Waals surface area contributed by atoms with E-state index in [1.165, 1.54) is 23.9 Å². The lowest BCUT2D eigenvalue weighted by molar-refractivity contribution is -0.163. The number of thioether (sulfide) groups is 1. The summed E-state index contributed by atoms with van der Waals surface area (Å²) in [6.07, 6.45) is 1.61. The maximum Gasteiger partial charge on any atom is 0.330 e. The smallest absolute Gasteiger partial charge is 0.330 e. The van der Waals surface area contributed by atoms with Crippen LogP contribution in [0.4, 0.5) is 4.39 Å². The Hall–Kier alpha value is -1.31. The molecule has 1 aliphatic heterocycles. The molecule has 1 aliphatic rings. The van der Waals surface area contributed by atoms with E-state index in [1.54, 1.807) is 19.1 Å². The number of hydrogen-bond donors (Lipinski definition) is 1. The van der Waals surface area contributed by atoms with Crippen LogP contribution in [0.25, 0.3) is 0 Å². The minimum atomic E-state index is -0.543. The summed E-state index contributed by atoms with van der Waals surface area (Å²) < 4.78 is 18.4. The summed E-state index contributed by atoms with van der Waals surface area (Å²) in [5, 5.41) is 2.99. The van der Waals surface area contributed by atoms with Gasteiger partial charge in [0, 0.05) is 5.75 Å². The number of ether oxygens (including phenoxy) is 1. The van der Waals surface area contributed by atoms with E-state index in [9.17, 15) is 14.0 Å². The van der Waals surface area contributed by atoms with Gasteiger partial charge in [0.1, 0.15) is 11.9 Å². The molecule has 1 N–H and O–H groups in total. The van der Waals surface area contributed by atoms with E-state index >= 15 is 0 Å². The number of esters is 2. The van der Waals surface area contributed by atoms with Crippen LogP contribution in [0.5, 0.6) is 0 Å². The molecule has 1 fully saturated rings. The van der Waals surface area contributed by atoms with Gasteiger partial charge in [-0.2, -0.15) is 0 Å². The molecule has 4 nitrogen and oxygen atoms in total. The van der Waals surface area contributed by atoms with Crippen molar-refractivity contribution < 1.29 is 18.7 Å². The molecule has 0 bridgehead atoms. The molecule has 1 saturated heterocycles. The van der Waals surface area contributed by atoms with Crippen molar-refractivity contribution in [1.82, 2.24) is 5.32 Å². The Bertz CT molecular complexity index is 585. The van der Waals surface area contributed by atoms with Crippen LogP contribution in [-0.4, -0.2) is 34.5 Å². The average molecular weight is 355 g/mol. The standard InChI is InChI=1S/C16H18FNO3S2/c1-10(14(19)21-15(20)13-3-2-8-18-13)9-23-16(22)11-4-6-12(17)7-5-11/h4-7,10,13,18H,2-3,8-9H2,1H3/t10?,13-/m0/s1. The van der Waals surface area contributed by atoms with Crippen molar-refractivity contribution in [1.29, 1.82) is 0 Å². The zero-order valence-electron chi connectivity index (χ0n) is 12.7. The summed E-state index contributed by atoms with van der Waals surface area (Å²) in [6.45, 7) is 2.46. The van der Waals surface area contributed by atoms with Gasteiger partial charge in [-0.05, 0) is 37.1 Å². The number of rotatable bonds is 5. The highest BCUT2D eigenvalue weighted by molar-refractivity contribution is 8.23. The van der Waals surface area contributed by atoms with Crippen molar-refractivity contribution in [3.05, 3.63) is 35.6 Å². The zero-order valence-corrected chi connectivity index (χ0v) is 14.3. The van der Waals surface area contributed by atoms with Gasteiger partial charge in [0.05, 0.1) is 10.1 Å². The molecular formula is C16H18FNO3S2. The van der Waals surface area contributed by atoms with E-state index in [0.717, 1.165) is 18.5 Å². The van der Waals surface area contributed by atoms with Gasteiger partial charge in [-0.25, -0.2) is 9.18 Å². The zero-order chi connectivity index (χ0) is 16.8. The second kappa shape index (κ2) is 8.52. The maximum absolute atomic E-state index is 12.9. The molecule has 2 atom stereocenters. The summed E-state index contributed by atoms with van der Waals surface area (Å²) in [5.74, 6) is -1.43. The number of carbonyl (C=O) groups excluding carboxylic acids is 2. The second-order valence-electron chi connectivity index (χ2n) is 5.40. The molecule has 2 rings (SSSR count). The monoisotopic (exact) mass is 355 g/mol. The molecule has 0 radical (unpaired) electrons. The van der Waals surface area contributed by atoms with Crippen molar-refractivity contribution in [3.8, 4) is 0 Å². The topological polar surface area (TPSA) is 55.4 Å². The number of benzene rings is 1. The van der Waals surface area contributed by atoms with Gasteiger partial charge in [0.15, 0.2) is 0 Å². The van der Waals surface area contributed by atoms with Gasteiger partial charge in [-0.1, -0.05) is 31.3 Å². The van der Waals surface area contributed by atoms with Gasteiger partial charge >= 0.3 is 11.9 Å². The third-order valence-corrected chi connectivity index (χ3v) is 5.25. The van der Waals surface area contributed by atoms with Crippen LogP contribution in [0, 0.1) is 11.7 Å². The summed E-state index contributed by atoms with van der Waals surface area (Å²) in [6, 6.07) is 5.51. The number of thiocarbonyl (C=S) groups is 1. The minimum absolute atomic E-state index is 0.322. The van der Waals surface area contributed by atoms with Crippen LogP contribution in [0.15, 0.2) is 24.3 Å². The van der Waals surface area contributed by atoms with E-state index in [4.69, 9.17) is 17.0 Å². The Kier molecular flexibility index (Phi) is 6.68. The van der Waals surface area contributed by atoms with Gasteiger partial charge in [-0.15, -0.1) is 11.8 Å². The third-order valence-electron chi connectivity index (χ3n) is 3.49. The largest absolute Gasteiger partial charge is 0.392 e. The Morgan fingerprint density at radius 2 is 2.13 bits per heavy atom. The number of carbonyl (C=O) groups is 2. The van der Waals surface area contributed by atoms with Crippen molar-refractivity contribution >= 4 is 40.1 Å². The van der Waals surface area contributed by atoms with E-state index in [1.807, 2.05) is 0 Å². The molecule has 1 heterocycles. The van der Waals surface area contributed by atoms with E-state index < -0.39 is 17.9 Å². The summed E-state index contributed by atoms with van der Waals surface area (Å²) in [5.41, 5.74) is 0.734. The summed E-state index contributed by atoms with van der Waals surface area (Å²) in [4.78, 5) is 23.7. The van der Waals surface area contributed by atoms with Gasteiger partial charge < -0.3 is 10.1 Å². The highest BCUT2D eigenvalue weighted by Gasteiger charge is 2.27. The van der Waals surface area contributed by atoms with Crippen LogP contribution in [0.1, 0.15) is 25.3 Å². The normalized spacial score (nSPS) is 18.4. The van der Waals surface area contributed by atoms with Crippen molar-refractivity contribution in [2.24, 2.45) is 5.92 Å². The lowest BCUT2D eigenvalue weighted by Gasteiger charge is -2.13. The number of halogens is 1. The fourth-order valence-electron chi connectivity index (χ4n) is 2.09. The average Bonchev–Trinajstić information content (AvgIpc) is 3.07. The van der Waals surface area contributed by atoms with Crippen LogP contribution >= 0.6 is 24.0 Å². The number of hydrogen-bond acceptors (Lipinski definition) is 6. The highest BCUT2D eigenvalue weighted by Crippen LogP contribution is 2.19. The van der Waals surface area contributed by atoms with Crippen molar-refractivity contribution in [2.45, 2.75) is 25.8 Å². The minimum Gasteiger partial charge on any atom is -0.392 e. The first-order valence-corrected chi connectivity index (χ1v) is 8.78. The van der Waals surface area contributed by atoms with Crippen LogP contribution in [0.2, 0.25) is 0 Å². The van der Waals surface area contributed by atoms with Gasteiger partial charge in [-0.3, -0.25) is 4.79 Å². The first kappa shape index (κ1) is 18.0. The fourth-order valence-corrected chi connectivity index (χ4v) is 3.28. The summed E-state index contributed by atoms with van der Waals surface area (Å²) in [7, 11) is 0. The molecule has 1 unspecified atom stereocenters. The molecular weight excluding hydrogens is 337 g/mol. The van der Waals surface area contributed by atoms with Gasteiger partial charge in [0.25, 0.3) is 0 Å². The van der Waals surface area contributed by atoms with Crippen molar-refractivity contribution in [2.75, 3.05) is 12.3 Å². The van der Waals surface area contributed by atoms with Crippen LogP contribution < -0.4 is 5.32 Å². The summed E-state index contributed by atoms with van der Waals surface area (Å²) >= 11 is 6.57. The highest BCUT2D eigenvalue weighted by atomic mass is 32.2. The van der Waals surface area contributed by atoms with Crippen LogP contribution in [0.3, 0.4) is 0 Å². The molecule has 124 valence electrons. The second-order valence-corrected chi connectivity index (χ2v) is 7.09. The fraction of sp³-hybridized carbons (Fsp3) is 0.438. The quantitative estimate of drug-likeness (QED) is 0.498.